The molecule has 2 amide bonds. The number of benzene rings is 3. The van der Waals surface area contributed by atoms with Crippen LogP contribution in [0.3, 0.4) is 0 Å². The maximum atomic E-state index is 12.6. The quantitative estimate of drug-likeness (QED) is 0.331. The maximum absolute atomic E-state index is 12.6. The van der Waals surface area contributed by atoms with Crippen LogP contribution in [0.15, 0.2) is 83.9 Å². The van der Waals surface area contributed by atoms with Crippen LogP contribution >= 0.6 is 11.8 Å². The van der Waals surface area contributed by atoms with E-state index in [1.807, 2.05) is 67.7 Å². The summed E-state index contributed by atoms with van der Waals surface area (Å²) in [6, 6.07) is 23.0. The Morgan fingerprint density at radius 1 is 1.00 bits per heavy atom. The van der Waals surface area contributed by atoms with Gasteiger partial charge in [-0.25, -0.2) is 0 Å². The Labute approximate surface area is 203 Å². The second-order valence-corrected chi connectivity index (χ2v) is 8.88. The molecule has 3 aromatic carbocycles. The van der Waals surface area contributed by atoms with E-state index < -0.39 is 0 Å². The number of amides is 2. The van der Waals surface area contributed by atoms with Crippen molar-refractivity contribution < 1.29 is 14.3 Å². The summed E-state index contributed by atoms with van der Waals surface area (Å²) in [4.78, 5) is 26.1. The van der Waals surface area contributed by atoms with Gasteiger partial charge < -0.3 is 19.9 Å². The fraction of sp³-hybridized carbons (Fsp3) is 0.185. The lowest BCUT2D eigenvalue weighted by atomic mass is 10.2. The summed E-state index contributed by atoms with van der Waals surface area (Å²) in [5.74, 6) is 0.647. The molecule has 0 radical (unpaired) electrons. The highest BCUT2D eigenvalue weighted by Crippen LogP contribution is 2.30. The number of aryl methyl sites for hydroxylation is 1. The Morgan fingerprint density at radius 2 is 1.79 bits per heavy atom. The van der Waals surface area contributed by atoms with E-state index in [2.05, 4.69) is 21.3 Å². The summed E-state index contributed by atoms with van der Waals surface area (Å²) in [6.07, 6.45) is 2.05. The smallest absolute Gasteiger partial charge is 0.255 e. The molecule has 1 aromatic heterocycles. The molecule has 0 aliphatic carbocycles. The van der Waals surface area contributed by atoms with E-state index in [4.69, 9.17) is 4.74 Å². The third-order valence-electron chi connectivity index (χ3n) is 5.40. The van der Waals surface area contributed by atoms with Crippen LogP contribution in [-0.4, -0.2) is 35.8 Å². The molecule has 4 rings (SSSR count). The number of ether oxygens (including phenoxy) is 1. The summed E-state index contributed by atoms with van der Waals surface area (Å²) in [6.45, 7) is 3.07. The van der Waals surface area contributed by atoms with Crippen molar-refractivity contribution in [1.29, 1.82) is 0 Å². The highest BCUT2D eigenvalue weighted by molar-refractivity contribution is 8.00. The van der Waals surface area contributed by atoms with Gasteiger partial charge in [-0.2, -0.15) is 0 Å². The summed E-state index contributed by atoms with van der Waals surface area (Å²) in [5.41, 5.74) is 3.49. The molecular formula is C27H27N3O3S. The number of hydrogen-bond acceptors (Lipinski definition) is 4. The normalized spacial score (nSPS) is 10.8. The van der Waals surface area contributed by atoms with Gasteiger partial charge in [0.1, 0.15) is 5.75 Å². The van der Waals surface area contributed by atoms with Gasteiger partial charge in [-0.1, -0.05) is 42.5 Å². The van der Waals surface area contributed by atoms with Crippen molar-refractivity contribution in [2.75, 3.05) is 24.7 Å². The molecule has 1 heterocycles. The molecular weight excluding hydrogens is 446 g/mol. The van der Waals surface area contributed by atoms with Gasteiger partial charge in [0, 0.05) is 40.8 Å². The lowest BCUT2D eigenvalue weighted by Gasteiger charge is -2.10. The highest BCUT2D eigenvalue weighted by Gasteiger charge is 2.13. The number of carbonyl (C=O) groups is 2. The zero-order valence-electron chi connectivity index (χ0n) is 19.2. The number of thioether (sulfide) groups is 1. The minimum Gasteiger partial charge on any atom is -0.496 e. The number of carbonyl (C=O) groups excluding carboxylic acids is 2. The highest BCUT2D eigenvalue weighted by atomic mass is 32.2. The Morgan fingerprint density at radius 3 is 2.62 bits per heavy atom. The average molecular weight is 474 g/mol. The first-order chi connectivity index (χ1) is 16.5. The number of aromatic nitrogens is 1. The van der Waals surface area contributed by atoms with Gasteiger partial charge in [-0.15, -0.1) is 11.8 Å². The van der Waals surface area contributed by atoms with Crippen LogP contribution in [0.1, 0.15) is 15.9 Å². The molecule has 0 saturated carbocycles. The molecule has 2 N–H and O–H groups in total. The van der Waals surface area contributed by atoms with Crippen molar-refractivity contribution in [3.05, 3.63) is 90.1 Å². The van der Waals surface area contributed by atoms with Crippen LogP contribution < -0.4 is 15.4 Å². The predicted molar refractivity (Wildman–Crippen MR) is 138 cm³/mol. The summed E-state index contributed by atoms with van der Waals surface area (Å²) in [7, 11) is 1.55. The van der Waals surface area contributed by atoms with Crippen molar-refractivity contribution in [2.45, 2.75) is 18.4 Å². The minimum atomic E-state index is -0.170. The fourth-order valence-corrected chi connectivity index (χ4v) is 4.68. The van der Waals surface area contributed by atoms with Crippen LogP contribution in [0, 0.1) is 6.92 Å². The second-order valence-electron chi connectivity index (χ2n) is 7.87. The van der Waals surface area contributed by atoms with Crippen LogP contribution in [0.2, 0.25) is 0 Å². The van der Waals surface area contributed by atoms with Crippen molar-refractivity contribution in [3.63, 3.8) is 0 Å². The molecule has 0 atom stereocenters. The Bertz CT molecular complexity index is 1320. The van der Waals surface area contributed by atoms with Gasteiger partial charge in [-0.05, 0) is 42.8 Å². The number of para-hydroxylation sites is 2. The lowest BCUT2D eigenvalue weighted by molar-refractivity contribution is -0.113. The summed E-state index contributed by atoms with van der Waals surface area (Å²) in [5, 5.41) is 7.01. The molecule has 0 bridgehead atoms. The number of nitrogens with one attached hydrogen (secondary N) is 2. The molecule has 0 aliphatic heterocycles. The number of methoxy groups -OCH3 is 1. The monoisotopic (exact) mass is 473 g/mol. The van der Waals surface area contributed by atoms with Gasteiger partial charge in [0.15, 0.2) is 0 Å². The average Bonchev–Trinajstić information content (AvgIpc) is 3.20. The van der Waals surface area contributed by atoms with Crippen molar-refractivity contribution in [1.82, 2.24) is 9.88 Å². The molecule has 0 fully saturated rings. The van der Waals surface area contributed by atoms with E-state index >= 15 is 0 Å². The third-order valence-corrected chi connectivity index (χ3v) is 6.45. The number of fused-ring (bicyclic) bond motifs is 1. The molecule has 34 heavy (non-hydrogen) atoms. The summed E-state index contributed by atoms with van der Waals surface area (Å²) >= 11 is 1.51. The largest absolute Gasteiger partial charge is 0.496 e. The van der Waals surface area contributed by atoms with Gasteiger partial charge in [0.2, 0.25) is 5.91 Å². The van der Waals surface area contributed by atoms with Gasteiger partial charge in [-0.3, -0.25) is 9.59 Å². The van der Waals surface area contributed by atoms with E-state index in [9.17, 15) is 9.59 Å². The first kappa shape index (κ1) is 23.4. The Kier molecular flexibility index (Phi) is 7.54. The molecule has 0 aliphatic rings. The SMILES string of the molecule is COc1ccccc1C(=O)NCCn1cc(SCC(=O)Nc2cccc(C)c2)c2ccccc21. The van der Waals surface area contributed by atoms with E-state index in [0.717, 1.165) is 27.0 Å². The lowest BCUT2D eigenvalue weighted by Crippen LogP contribution is -2.27. The van der Waals surface area contributed by atoms with Crippen molar-refractivity contribution in [2.24, 2.45) is 0 Å². The molecule has 0 unspecified atom stereocenters. The Balaban J connectivity index is 1.39. The van der Waals surface area contributed by atoms with Crippen LogP contribution in [0.5, 0.6) is 5.75 Å². The molecule has 6 nitrogen and oxygen atoms in total. The number of anilines is 1. The van der Waals surface area contributed by atoms with E-state index in [1.165, 1.54) is 11.8 Å². The van der Waals surface area contributed by atoms with Crippen molar-refractivity contribution in [3.8, 4) is 5.75 Å². The summed E-state index contributed by atoms with van der Waals surface area (Å²) < 4.78 is 7.39. The van der Waals surface area contributed by atoms with Crippen LogP contribution in [0.25, 0.3) is 10.9 Å². The van der Waals surface area contributed by atoms with Crippen molar-refractivity contribution >= 4 is 40.2 Å². The predicted octanol–water partition coefficient (Wildman–Crippen LogP) is 5.12. The second kappa shape index (κ2) is 10.9. The fourth-order valence-electron chi connectivity index (χ4n) is 3.79. The molecule has 7 heteroatoms. The van der Waals surface area contributed by atoms with E-state index in [1.54, 1.807) is 19.2 Å². The Hall–Kier alpha value is -3.71. The number of rotatable bonds is 9. The number of hydrogen-bond donors (Lipinski definition) is 2. The molecule has 0 spiro atoms. The molecule has 174 valence electrons. The zero-order chi connectivity index (χ0) is 23.9. The first-order valence-electron chi connectivity index (χ1n) is 11.0. The van der Waals surface area contributed by atoms with Crippen LogP contribution in [-0.2, 0) is 11.3 Å². The first-order valence-corrected chi connectivity index (χ1v) is 12.0. The zero-order valence-corrected chi connectivity index (χ0v) is 20.0. The standard InChI is InChI=1S/C27H27N3O3S/c1-19-8-7-9-20(16-19)29-26(31)18-34-25-17-30(23-12-5-3-10-21(23)25)15-14-28-27(32)22-11-4-6-13-24(22)33-2/h3-13,16-17H,14-15,18H2,1-2H3,(H,28,32)(H,29,31). The topological polar surface area (TPSA) is 72.4 Å². The van der Waals surface area contributed by atoms with E-state index in [-0.39, 0.29) is 11.8 Å². The van der Waals surface area contributed by atoms with Crippen LogP contribution in [0.4, 0.5) is 5.69 Å². The molecule has 4 aromatic rings. The van der Waals surface area contributed by atoms with Gasteiger partial charge in [0.25, 0.3) is 5.91 Å². The minimum absolute atomic E-state index is 0.0449. The van der Waals surface area contributed by atoms with E-state index in [0.29, 0.717) is 30.2 Å². The maximum Gasteiger partial charge on any atom is 0.255 e. The van der Waals surface area contributed by atoms with Gasteiger partial charge in [0.05, 0.1) is 18.4 Å². The molecule has 0 saturated heterocycles. The third kappa shape index (κ3) is 5.61. The van der Waals surface area contributed by atoms with Gasteiger partial charge >= 0.3 is 0 Å². The number of nitrogens with zero attached hydrogens (tertiary/aromatic N) is 1.